The van der Waals surface area contributed by atoms with Gasteiger partial charge in [0, 0.05) is 94.0 Å². The van der Waals surface area contributed by atoms with Crippen molar-refractivity contribution < 1.29 is 241 Å². The summed E-state index contributed by atoms with van der Waals surface area (Å²) in [5.41, 5.74) is 0. The first-order chi connectivity index (χ1) is 66.0. The lowest BCUT2D eigenvalue weighted by Gasteiger charge is -2.25. The largest absolute Gasteiger partial charge is 0.480 e. The topological polar surface area (TPSA) is 1050 Å². The Morgan fingerprint density at radius 2 is 0.408 bits per heavy atom. The molecule has 0 saturated carbocycles. The number of aliphatic carboxylic acids is 8. The molecular weight excluding hydrogens is 2010 g/mol. The van der Waals surface area contributed by atoms with E-state index >= 15 is 0 Å². The van der Waals surface area contributed by atoms with Gasteiger partial charge in [0.05, 0.1) is 72.7 Å². The standard InChI is InChI=1S/3C19H33N3O11S.C16H27N3O8S.4CO2/c3*1-8(20-2)11(23)4-9(17(29)22-10(7-34-3)18(30)31)5-13(25)21-6-12(24)14(26)15(27)16(28)19(32)33;1-8(17-2)11(20)4-9(5-13(22)18-6-12(21)16(26)27)14(23)19-10(7-28-3)15(24)25;4*2-1-3/h3*8-10,12,14-16,20,24,26-28H,4-7H2,1-3H3,(H,21,25)(H,22,29)(H,30,31)(H,32,33);8-10,12,17,21H,4-7H2,1-3H3,(H,18,22)(H,19,23)(H,24,25)(H,26,27);;;;/t8-,9?,10-,12?,14?,15?,16?;8-,9+,10-,12+,14-,15?,16+;8-,9-,10-,12-,14+,15-,16-;;;;;/m000...../s1. The predicted octanol–water partition coefficient (Wildman–Crippen LogP) is -15.9. The second kappa shape index (κ2) is 84.0. The van der Waals surface area contributed by atoms with E-state index in [1.54, 1.807) is 59.8 Å². The number of aliphatic hydroxyl groups is 13. The summed E-state index contributed by atoms with van der Waals surface area (Å²) in [5.74, 6) is -24.9. The van der Waals surface area contributed by atoms with Gasteiger partial charge in [-0.1, -0.05) is 0 Å². The molecule has 8 amide bonds. The van der Waals surface area contributed by atoms with E-state index in [4.69, 9.17) is 63.9 Å². The predicted molar refractivity (Wildman–Crippen MR) is 478 cm³/mol. The molecular formula is C77H126N12O49S4. The molecule has 0 aromatic heterocycles. The summed E-state index contributed by atoms with van der Waals surface area (Å²) >= 11 is 4.72. The van der Waals surface area contributed by atoms with Gasteiger partial charge in [-0.2, -0.15) is 85.4 Å². The van der Waals surface area contributed by atoms with Crippen molar-refractivity contribution in [1.29, 1.82) is 0 Å². The lowest BCUT2D eigenvalue weighted by atomic mass is 9.94. The van der Waals surface area contributed by atoms with Gasteiger partial charge in [-0.3, -0.25) is 57.5 Å². The highest BCUT2D eigenvalue weighted by atomic mass is 32.2. The van der Waals surface area contributed by atoms with E-state index in [-0.39, 0.29) is 79.1 Å². The fraction of sp³-hybridized carbons (Fsp3) is 0.688. The third-order valence-electron chi connectivity index (χ3n) is 18.7. The number of hydrogen-bond donors (Lipinski definition) is 33. The number of carbonyl (C=O) groups excluding carboxylic acids is 20. The summed E-state index contributed by atoms with van der Waals surface area (Å²) in [5, 5.41) is 224. The van der Waals surface area contributed by atoms with Gasteiger partial charge in [0.2, 0.25) is 47.3 Å². The smallest absolute Gasteiger partial charge is 0.373 e. The maximum atomic E-state index is 12.6. The van der Waals surface area contributed by atoms with Gasteiger partial charge in [0.25, 0.3) is 0 Å². The van der Waals surface area contributed by atoms with Crippen molar-refractivity contribution in [3.63, 3.8) is 0 Å². The van der Waals surface area contributed by atoms with E-state index in [2.05, 4.69) is 63.8 Å². The fourth-order valence-electron chi connectivity index (χ4n) is 10.1. The summed E-state index contributed by atoms with van der Waals surface area (Å²) in [4.78, 5) is 301. The quantitative estimate of drug-likeness (QED) is 0.0269. The van der Waals surface area contributed by atoms with E-state index in [9.17, 15) is 178 Å². The first-order valence-electron chi connectivity index (χ1n) is 40.7. The van der Waals surface area contributed by atoms with Crippen LogP contribution in [0.25, 0.3) is 0 Å². The molecule has 0 spiro atoms. The molecule has 61 nitrogen and oxygen atoms in total. The molecule has 65 heteroatoms. The summed E-state index contributed by atoms with van der Waals surface area (Å²) in [7, 11) is 6.11. The number of Topliss-reactive ketones (excluding diaryl/α,β-unsaturated/α-hetero) is 4. The Morgan fingerprint density at radius 3 is 0.542 bits per heavy atom. The zero-order chi connectivity index (χ0) is 112. The van der Waals surface area contributed by atoms with E-state index in [1.807, 2.05) is 0 Å². The van der Waals surface area contributed by atoms with Crippen LogP contribution in [0.4, 0.5) is 0 Å². The summed E-state index contributed by atoms with van der Waals surface area (Å²) < 4.78 is 0. The fourth-order valence-corrected chi connectivity index (χ4v) is 12.3. The van der Waals surface area contributed by atoms with Crippen molar-refractivity contribution in [2.75, 3.05) is 102 Å². The molecule has 0 aliphatic heterocycles. The molecule has 142 heavy (non-hydrogen) atoms. The van der Waals surface area contributed by atoms with Gasteiger partial charge in [0.1, 0.15) is 83.9 Å². The van der Waals surface area contributed by atoms with Crippen molar-refractivity contribution >= 4 is 190 Å². The molecule has 33 N–H and O–H groups in total. The van der Waals surface area contributed by atoms with Crippen molar-refractivity contribution in [2.45, 2.75) is 207 Å². The molecule has 812 valence electrons. The zero-order valence-electron chi connectivity index (χ0n) is 78.2. The van der Waals surface area contributed by atoms with E-state index in [0.29, 0.717) is 0 Å². The number of hydrogen-bond acceptors (Lipinski definition) is 49. The van der Waals surface area contributed by atoms with Gasteiger partial charge in [-0.25, -0.2) is 38.4 Å². The SMILES string of the molecule is CNC(C)C(=O)CC(CC(=O)NCC(O)C(=O)O)C(=O)NC(CSC)C(=O)O.CN[C@@H](C)C(=O)CC(CC(=O)NCC(O)C(O)C(O)C(O)C(=O)O)C(=O)N[C@@H](CSC)C(=O)O.CN[C@@H](C)C(=O)C[C@@H](CC(=O)NC[C@H](O)[C@@H](O)[C@H](O)[C@H](O)C(=O)O)C(=O)N[C@@H](CSC)C(=O)O.CN[C@@H](C)C(=O)C[C@H](CC(=O)NC[C@@H](O)[C@H](O)C(O)[C@@H](O)C(=O)O)C(=O)N[C@@H](CSC)C(=O)O.O=C=O.O=C=O.O=C=O.O=C=O. The lowest BCUT2D eigenvalue weighted by Crippen LogP contribution is -2.51. The molecule has 0 aliphatic rings. The van der Waals surface area contributed by atoms with Crippen LogP contribution in [0.3, 0.4) is 0 Å². The van der Waals surface area contributed by atoms with Crippen LogP contribution < -0.4 is 63.8 Å². The summed E-state index contributed by atoms with van der Waals surface area (Å²) in [6.07, 6.45) is -23.7. The number of likely N-dealkylation sites (N-methyl/N-ethyl adjacent to an activating group) is 4. The first-order valence-corrected chi connectivity index (χ1v) is 46.2. The van der Waals surface area contributed by atoms with Gasteiger partial charge < -0.3 is 171 Å². The van der Waals surface area contributed by atoms with Crippen molar-refractivity contribution in [2.24, 2.45) is 23.7 Å². The Balaban J connectivity index is -0.000000270. The normalized spacial score (nSPS) is 15.7. The molecule has 0 radical (unpaired) electrons. The Kier molecular flexibility index (Phi) is 86.2. The molecule has 0 rings (SSSR count). The van der Waals surface area contributed by atoms with Crippen molar-refractivity contribution in [1.82, 2.24) is 63.8 Å². The molecule has 0 aliphatic carbocycles. The maximum absolute atomic E-state index is 12.6. The molecule has 0 fully saturated rings. The average molecular weight is 2130 g/mol. The van der Waals surface area contributed by atoms with Crippen molar-refractivity contribution in [3.05, 3.63) is 0 Å². The number of carbonyl (C=O) groups is 20. The molecule has 10 unspecified atom stereocenters. The molecule has 0 heterocycles. The maximum Gasteiger partial charge on any atom is 0.373 e. The number of carboxylic acid groups (broad SMARTS) is 8. The van der Waals surface area contributed by atoms with Gasteiger partial charge in [-0.15, -0.1) is 0 Å². The highest BCUT2D eigenvalue weighted by Gasteiger charge is 2.41. The van der Waals surface area contributed by atoms with Gasteiger partial charge in [0.15, 0.2) is 24.4 Å². The van der Waals surface area contributed by atoms with E-state index < -0.39 is 316 Å². The first kappa shape index (κ1) is 146. The minimum atomic E-state index is -2.38. The number of nitrogens with one attached hydrogen (secondary N) is 12. The molecule has 0 bridgehead atoms. The molecule has 0 saturated heterocycles. The average Bonchev–Trinajstić information content (AvgIpc) is 1.38. The zero-order valence-corrected chi connectivity index (χ0v) is 81.5. The minimum absolute atomic E-state index is 0.0510. The van der Waals surface area contributed by atoms with Crippen LogP contribution in [0.2, 0.25) is 0 Å². The third-order valence-corrected chi connectivity index (χ3v) is 21.4. The van der Waals surface area contributed by atoms with Crippen LogP contribution >= 0.6 is 47.0 Å². The monoisotopic (exact) mass is 2130 g/mol. The highest BCUT2D eigenvalue weighted by Crippen LogP contribution is 2.20. The number of rotatable bonds is 65. The lowest BCUT2D eigenvalue weighted by molar-refractivity contribution is -0.193. The Labute approximate surface area is 824 Å². The summed E-state index contributed by atoms with van der Waals surface area (Å²) in [6, 6.07) is -7.42. The third kappa shape index (κ3) is 67.0. The van der Waals surface area contributed by atoms with Crippen LogP contribution in [0, 0.1) is 23.7 Å². The number of ketones is 4. The molecule has 25 atom stereocenters. The van der Waals surface area contributed by atoms with Gasteiger partial charge >= 0.3 is 72.4 Å². The van der Waals surface area contributed by atoms with Crippen LogP contribution in [0.1, 0.15) is 79.1 Å². The van der Waals surface area contributed by atoms with Crippen LogP contribution in [-0.4, -0.2) is 480 Å². The number of carboxylic acids is 8. The molecule has 0 aromatic rings. The number of aliphatic hydroxyl groups excluding tert-OH is 13. The Hall–Kier alpha value is -11.6. The number of amides is 8. The van der Waals surface area contributed by atoms with Crippen molar-refractivity contribution in [3.8, 4) is 0 Å². The molecule has 0 aromatic carbocycles. The van der Waals surface area contributed by atoms with Crippen LogP contribution in [0.15, 0.2) is 0 Å². The number of thioether (sulfide) groups is 4. The second-order valence-electron chi connectivity index (χ2n) is 29.1. The minimum Gasteiger partial charge on any atom is -0.480 e. The van der Waals surface area contributed by atoms with E-state index in [1.165, 1.54) is 68.2 Å². The highest BCUT2D eigenvalue weighted by molar-refractivity contribution is 7.99. The van der Waals surface area contributed by atoms with Crippen LogP contribution in [-0.2, 0) is 134 Å². The second-order valence-corrected chi connectivity index (χ2v) is 32.8. The Morgan fingerprint density at radius 1 is 0.246 bits per heavy atom. The summed E-state index contributed by atoms with van der Waals surface area (Å²) in [6.45, 7) is 3.61. The van der Waals surface area contributed by atoms with Crippen LogP contribution in [0.5, 0.6) is 0 Å². The van der Waals surface area contributed by atoms with E-state index in [0.717, 1.165) is 0 Å². The Bertz CT molecular complexity index is 3760. The van der Waals surface area contributed by atoms with Gasteiger partial charge in [-0.05, 0) is 80.9 Å².